The third-order valence-electron chi connectivity index (χ3n) is 4.64. The van der Waals surface area contributed by atoms with Crippen LogP contribution in [-0.4, -0.2) is 20.8 Å². The van der Waals surface area contributed by atoms with E-state index in [0.29, 0.717) is 6.04 Å². The summed E-state index contributed by atoms with van der Waals surface area (Å²) in [4.78, 5) is 0. The highest BCUT2D eigenvalue weighted by Crippen LogP contribution is 2.31. The Morgan fingerprint density at radius 2 is 2.10 bits per heavy atom. The van der Waals surface area contributed by atoms with Crippen LogP contribution in [0.1, 0.15) is 33.1 Å². The smallest absolute Gasteiger partial charge is 0.163 e. The summed E-state index contributed by atoms with van der Waals surface area (Å²) in [5.41, 5.74) is 2.29. The number of nitrogens with zero attached hydrogens (tertiary/aromatic N) is 3. The van der Waals surface area contributed by atoms with E-state index in [4.69, 9.17) is 0 Å². The van der Waals surface area contributed by atoms with Crippen LogP contribution in [0, 0.1) is 11.8 Å². The molecule has 4 nitrogen and oxygen atoms in total. The molecule has 1 aliphatic rings. The lowest BCUT2D eigenvalue weighted by molar-refractivity contribution is 0.281. The molecule has 0 amide bonds. The second kappa shape index (κ2) is 5.88. The fourth-order valence-corrected chi connectivity index (χ4v) is 3.24. The molecule has 1 aromatic heterocycles. The lowest BCUT2D eigenvalue weighted by atomic mass is 9.80. The molecule has 3 atom stereocenters. The summed E-state index contributed by atoms with van der Waals surface area (Å²) < 4.78 is 1.95. The van der Waals surface area contributed by atoms with E-state index in [0.717, 1.165) is 23.2 Å². The van der Waals surface area contributed by atoms with Gasteiger partial charge in [0.2, 0.25) is 0 Å². The Balaban J connectivity index is 1.79. The molecular weight excluding hydrogens is 260 g/mol. The Kier molecular flexibility index (Phi) is 3.95. The van der Waals surface area contributed by atoms with Gasteiger partial charge in [-0.2, -0.15) is 0 Å². The van der Waals surface area contributed by atoms with Crippen LogP contribution in [-0.2, 0) is 7.05 Å². The van der Waals surface area contributed by atoms with Crippen LogP contribution >= 0.6 is 0 Å². The van der Waals surface area contributed by atoms with Gasteiger partial charge in [-0.3, -0.25) is 0 Å². The molecule has 112 valence electrons. The molecule has 0 aliphatic heterocycles. The number of hydrogen-bond acceptors (Lipinski definition) is 3. The van der Waals surface area contributed by atoms with E-state index in [1.54, 1.807) is 6.33 Å². The summed E-state index contributed by atoms with van der Waals surface area (Å²) in [7, 11) is 1.97. The quantitative estimate of drug-likeness (QED) is 0.934. The largest absolute Gasteiger partial charge is 0.382 e. The van der Waals surface area contributed by atoms with Crippen LogP contribution in [0.3, 0.4) is 0 Å². The second-order valence-corrected chi connectivity index (χ2v) is 6.49. The maximum absolute atomic E-state index is 4.19. The van der Waals surface area contributed by atoms with Crippen molar-refractivity contribution in [3.63, 3.8) is 0 Å². The molecule has 1 N–H and O–H groups in total. The lowest BCUT2D eigenvalue weighted by Gasteiger charge is -2.34. The van der Waals surface area contributed by atoms with Crippen molar-refractivity contribution in [2.75, 3.05) is 5.32 Å². The summed E-state index contributed by atoms with van der Waals surface area (Å²) in [6.07, 6.45) is 5.68. The average molecular weight is 284 g/mol. The first-order chi connectivity index (χ1) is 10.1. The number of aromatic nitrogens is 3. The molecule has 0 bridgehead atoms. The van der Waals surface area contributed by atoms with Crippen molar-refractivity contribution in [1.29, 1.82) is 0 Å². The van der Waals surface area contributed by atoms with Crippen molar-refractivity contribution in [2.45, 2.75) is 39.2 Å². The molecule has 4 heteroatoms. The van der Waals surface area contributed by atoms with E-state index in [1.807, 2.05) is 11.6 Å². The van der Waals surface area contributed by atoms with E-state index in [9.17, 15) is 0 Å². The zero-order valence-corrected chi connectivity index (χ0v) is 13.1. The Hall–Kier alpha value is -1.84. The molecule has 3 rings (SSSR count). The minimum Gasteiger partial charge on any atom is -0.382 e. The van der Waals surface area contributed by atoms with Gasteiger partial charge in [-0.05, 0) is 36.8 Å². The van der Waals surface area contributed by atoms with Crippen molar-refractivity contribution >= 4 is 5.69 Å². The maximum atomic E-state index is 4.19. The molecule has 0 radical (unpaired) electrons. The third-order valence-corrected chi connectivity index (χ3v) is 4.64. The minimum absolute atomic E-state index is 0.573. The van der Waals surface area contributed by atoms with Gasteiger partial charge in [-0.1, -0.05) is 32.4 Å². The van der Waals surface area contributed by atoms with Crippen molar-refractivity contribution in [3.05, 3.63) is 30.6 Å². The van der Waals surface area contributed by atoms with Crippen molar-refractivity contribution in [2.24, 2.45) is 18.9 Å². The van der Waals surface area contributed by atoms with E-state index >= 15 is 0 Å². The molecule has 1 fully saturated rings. The van der Waals surface area contributed by atoms with Gasteiger partial charge in [0.25, 0.3) is 0 Å². The van der Waals surface area contributed by atoms with Gasteiger partial charge in [0, 0.05) is 24.3 Å². The predicted octanol–water partition coefficient (Wildman–Crippen LogP) is 3.72. The predicted molar refractivity (Wildman–Crippen MR) is 86.0 cm³/mol. The number of benzene rings is 1. The second-order valence-electron chi connectivity index (χ2n) is 6.49. The fourth-order valence-electron chi connectivity index (χ4n) is 3.24. The van der Waals surface area contributed by atoms with Gasteiger partial charge < -0.3 is 9.88 Å². The molecule has 2 aromatic rings. The lowest BCUT2D eigenvalue weighted by Crippen LogP contribution is -2.33. The maximum Gasteiger partial charge on any atom is 0.163 e. The molecule has 0 saturated heterocycles. The van der Waals surface area contributed by atoms with E-state index < -0.39 is 0 Å². The van der Waals surface area contributed by atoms with E-state index in [2.05, 4.69) is 53.6 Å². The zero-order valence-electron chi connectivity index (χ0n) is 13.1. The van der Waals surface area contributed by atoms with Gasteiger partial charge in [-0.15, -0.1) is 10.2 Å². The summed E-state index contributed by atoms with van der Waals surface area (Å²) in [6, 6.07) is 9.07. The summed E-state index contributed by atoms with van der Waals surface area (Å²) in [5.74, 6) is 2.46. The standard InChI is InChI=1S/C17H24N4/c1-12-7-8-13(2)16(9-12)19-15-6-4-5-14(10-15)17-20-18-11-21(17)3/h4-6,10-13,16,19H,7-9H2,1-3H3. The Bertz CT molecular complexity index is 604. The molecule has 21 heavy (non-hydrogen) atoms. The Morgan fingerprint density at radius 3 is 2.86 bits per heavy atom. The first kappa shape index (κ1) is 14.1. The van der Waals surface area contributed by atoms with Crippen molar-refractivity contribution in [1.82, 2.24) is 14.8 Å². The van der Waals surface area contributed by atoms with Crippen LogP contribution in [0.4, 0.5) is 5.69 Å². The van der Waals surface area contributed by atoms with Crippen LogP contribution in [0.25, 0.3) is 11.4 Å². The van der Waals surface area contributed by atoms with Crippen molar-refractivity contribution < 1.29 is 0 Å². The zero-order chi connectivity index (χ0) is 14.8. The number of anilines is 1. The van der Waals surface area contributed by atoms with Crippen LogP contribution in [0.2, 0.25) is 0 Å². The summed E-state index contributed by atoms with van der Waals surface area (Å²) >= 11 is 0. The van der Waals surface area contributed by atoms with E-state index in [1.165, 1.54) is 24.9 Å². The molecule has 1 saturated carbocycles. The van der Waals surface area contributed by atoms with Gasteiger partial charge in [0.05, 0.1) is 0 Å². The Labute approximate surface area is 126 Å². The van der Waals surface area contributed by atoms with Crippen molar-refractivity contribution in [3.8, 4) is 11.4 Å². The molecule has 3 unspecified atom stereocenters. The molecular formula is C17H24N4. The SMILES string of the molecule is CC1CCC(C)C(Nc2cccc(-c3nncn3C)c2)C1. The number of rotatable bonds is 3. The highest BCUT2D eigenvalue weighted by Gasteiger charge is 2.25. The van der Waals surface area contributed by atoms with Crippen LogP contribution in [0.5, 0.6) is 0 Å². The van der Waals surface area contributed by atoms with Crippen LogP contribution < -0.4 is 5.32 Å². The number of nitrogens with one attached hydrogen (secondary N) is 1. The molecule has 1 aliphatic carbocycles. The highest BCUT2D eigenvalue weighted by molar-refractivity contribution is 5.62. The summed E-state index contributed by atoms with van der Waals surface area (Å²) in [5, 5.41) is 11.9. The highest BCUT2D eigenvalue weighted by atomic mass is 15.2. The normalized spacial score (nSPS) is 25.8. The number of aryl methyl sites for hydroxylation is 1. The minimum atomic E-state index is 0.573. The van der Waals surface area contributed by atoms with Gasteiger partial charge in [0.15, 0.2) is 5.82 Å². The summed E-state index contributed by atoms with van der Waals surface area (Å²) in [6.45, 7) is 4.71. The van der Waals surface area contributed by atoms with Gasteiger partial charge >= 0.3 is 0 Å². The topological polar surface area (TPSA) is 42.7 Å². The molecule has 1 aromatic carbocycles. The monoisotopic (exact) mass is 284 g/mol. The van der Waals surface area contributed by atoms with E-state index in [-0.39, 0.29) is 0 Å². The molecule has 1 heterocycles. The fraction of sp³-hybridized carbons (Fsp3) is 0.529. The van der Waals surface area contributed by atoms with Gasteiger partial charge in [-0.25, -0.2) is 0 Å². The average Bonchev–Trinajstić information content (AvgIpc) is 2.89. The van der Waals surface area contributed by atoms with Crippen LogP contribution in [0.15, 0.2) is 30.6 Å². The van der Waals surface area contributed by atoms with Gasteiger partial charge in [0.1, 0.15) is 6.33 Å². The third kappa shape index (κ3) is 3.09. The molecule has 0 spiro atoms. The first-order valence-electron chi connectivity index (χ1n) is 7.84. The number of hydrogen-bond donors (Lipinski definition) is 1. The Morgan fingerprint density at radius 1 is 1.24 bits per heavy atom. The first-order valence-corrected chi connectivity index (χ1v) is 7.84.